The first-order valence-corrected chi connectivity index (χ1v) is 23.6. The second-order valence-corrected chi connectivity index (χ2v) is 21.5. The van der Waals surface area contributed by atoms with Gasteiger partial charge in [0.05, 0.1) is 41.7 Å². The Balaban J connectivity index is 1.12. The summed E-state index contributed by atoms with van der Waals surface area (Å²) in [6.45, 7) is 8.22. The van der Waals surface area contributed by atoms with Gasteiger partial charge in [-0.25, -0.2) is 8.42 Å². The van der Waals surface area contributed by atoms with Gasteiger partial charge in [0.15, 0.2) is 5.78 Å². The maximum atomic E-state index is 15.1. The van der Waals surface area contributed by atoms with E-state index in [1.54, 1.807) is 30.0 Å². The van der Waals surface area contributed by atoms with Crippen LogP contribution < -0.4 is 14.2 Å². The first-order chi connectivity index (χ1) is 28.1. The Bertz CT molecular complexity index is 2130. The molecule has 12 nitrogen and oxygen atoms in total. The number of ketones is 1. The molecule has 0 spiro atoms. The number of esters is 1. The second kappa shape index (κ2) is 16.3. The summed E-state index contributed by atoms with van der Waals surface area (Å²) < 4.78 is 46.5. The van der Waals surface area contributed by atoms with Gasteiger partial charge in [0.2, 0.25) is 33.6 Å². The Morgan fingerprint density at radius 1 is 1.03 bits per heavy atom. The fourth-order valence-corrected chi connectivity index (χ4v) is 11.5. The van der Waals surface area contributed by atoms with E-state index in [1.165, 1.54) is 6.42 Å². The van der Waals surface area contributed by atoms with Crippen molar-refractivity contribution < 1.29 is 41.8 Å². The van der Waals surface area contributed by atoms with Crippen LogP contribution in [0.5, 0.6) is 11.8 Å². The van der Waals surface area contributed by atoms with Crippen LogP contribution in [-0.2, 0) is 33.9 Å². The average Bonchev–Trinajstić information content (AvgIpc) is 4.14. The number of Topliss-reactive ketones (excluding diaryl/α,β-unsaturated/α-hetero) is 1. The number of halogens is 1. The molecule has 1 N–H and O–H groups in total. The van der Waals surface area contributed by atoms with E-state index in [9.17, 15) is 22.8 Å². The molecule has 320 valence electrons. The zero-order valence-electron chi connectivity index (χ0n) is 34.6. The quantitative estimate of drug-likeness (QED) is 0.179. The third-order valence-electron chi connectivity index (χ3n) is 14.2. The van der Waals surface area contributed by atoms with Gasteiger partial charge in [-0.3, -0.25) is 23.9 Å². The molecule has 3 heterocycles. The van der Waals surface area contributed by atoms with E-state index >= 15 is 4.79 Å². The first kappa shape index (κ1) is 42.0. The summed E-state index contributed by atoms with van der Waals surface area (Å²) >= 11 is 6.64. The number of carbonyl (C=O) groups is 4. The Hall–Kier alpha value is -3.71. The molecule has 4 aliphatic carbocycles. The highest BCUT2D eigenvalue weighted by molar-refractivity contribution is 7.91. The zero-order valence-corrected chi connectivity index (χ0v) is 36.2. The van der Waals surface area contributed by atoms with Crippen LogP contribution in [0.1, 0.15) is 111 Å². The van der Waals surface area contributed by atoms with E-state index in [0.29, 0.717) is 65.8 Å². The summed E-state index contributed by atoms with van der Waals surface area (Å²) in [5.74, 6) is -0.990. The van der Waals surface area contributed by atoms with Gasteiger partial charge < -0.3 is 19.1 Å². The number of ether oxygens (including phenoxy) is 3. The highest BCUT2D eigenvalue weighted by Crippen LogP contribution is 2.58. The van der Waals surface area contributed by atoms with Crippen molar-refractivity contribution in [1.82, 2.24) is 14.6 Å². The predicted octanol–water partition coefficient (Wildman–Crippen LogP) is 7.35. The molecule has 10 atom stereocenters. The van der Waals surface area contributed by atoms with Crippen molar-refractivity contribution in [3.05, 3.63) is 41.4 Å². The van der Waals surface area contributed by atoms with E-state index < -0.39 is 50.1 Å². The van der Waals surface area contributed by atoms with Gasteiger partial charge in [0, 0.05) is 34.7 Å². The number of nitrogens with zero attached hydrogens (tertiary/aromatic N) is 2. The standard InChI is InChI=1S/C45H58ClN3O9S/c1-5-15-56-39-21-35-33(11-8-12-36(35)46)41(47-39)58-32-20-37-38(50)24-45(43(53)48-59(54,55)44(4)13-14-44)23-30(45)10-7-6-9-26(2)16-27(3)34(42(52)49(37)25-32)22-40(51)57-31-18-28-17-29(28)19-31/h7-8,10-12,21,26-32,34,37H,5-6,9,13-20,22-25H2,1-4H3,(H,48,53)/b10-7-/t26-,27-,28-,29+,30-,31?,32-,34+,37+,45-/m1/s1. The highest BCUT2D eigenvalue weighted by Gasteiger charge is 2.63. The van der Waals surface area contributed by atoms with Crippen molar-refractivity contribution >= 4 is 56.0 Å². The molecule has 59 heavy (non-hydrogen) atoms. The molecule has 0 bridgehead atoms. The molecule has 14 heteroatoms. The van der Waals surface area contributed by atoms with Crippen LogP contribution in [0.3, 0.4) is 0 Å². The van der Waals surface area contributed by atoms with Crippen molar-refractivity contribution in [1.29, 1.82) is 0 Å². The summed E-state index contributed by atoms with van der Waals surface area (Å²) in [4.78, 5) is 63.9. The second-order valence-electron chi connectivity index (χ2n) is 18.9. The number of rotatable bonds is 11. The molecule has 8 rings (SSSR count). The van der Waals surface area contributed by atoms with E-state index in [-0.39, 0.29) is 67.2 Å². The minimum Gasteiger partial charge on any atom is -0.478 e. The Morgan fingerprint density at radius 3 is 2.53 bits per heavy atom. The third kappa shape index (κ3) is 8.74. The number of sulfonamides is 1. The number of hydrogen-bond acceptors (Lipinski definition) is 10. The lowest BCUT2D eigenvalue weighted by Gasteiger charge is -2.32. The van der Waals surface area contributed by atoms with Crippen molar-refractivity contribution in [3.8, 4) is 11.8 Å². The van der Waals surface area contributed by atoms with E-state index in [1.807, 2.05) is 32.1 Å². The molecule has 2 amide bonds. The lowest BCUT2D eigenvalue weighted by Crippen LogP contribution is -2.48. The van der Waals surface area contributed by atoms with Gasteiger partial charge >= 0.3 is 5.97 Å². The fraction of sp³-hybridized carbons (Fsp3) is 0.667. The van der Waals surface area contributed by atoms with Crippen LogP contribution in [-0.4, -0.2) is 78.0 Å². The zero-order chi connectivity index (χ0) is 41.9. The van der Waals surface area contributed by atoms with Crippen LogP contribution in [0.25, 0.3) is 10.8 Å². The van der Waals surface area contributed by atoms with Gasteiger partial charge in [-0.15, -0.1) is 0 Å². The molecule has 1 aromatic carbocycles. The summed E-state index contributed by atoms with van der Waals surface area (Å²) in [5, 5.41) is 1.81. The summed E-state index contributed by atoms with van der Waals surface area (Å²) in [7, 11) is -3.96. The van der Waals surface area contributed by atoms with Crippen LogP contribution in [0.15, 0.2) is 36.4 Å². The number of pyridine rings is 1. The molecule has 1 saturated heterocycles. The number of nitrogens with one attached hydrogen (secondary N) is 1. The molecule has 1 aromatic heterocycles. The van der Waals surface area contributed by atoms with E-state index in [4.69, 9.17) is 30.8 Å². The van der Waals surface area contributed by atoms with Crippen LogP contribution in [0.4, 0.5) is 0 Å². The van der Waals surface area contributed by atoms with Crippen molar-refractivity contribution in [2.24, 2.45) is 40.9 Å². The van der Waals surface area contributed by atoms with E-state index in [2.05, 4.69) is 11.6 Å². The molecule has 4 saturated carbocycles. The largest absolute Gasteiger partial charge is 0.478 e. The number of allylic oxidation sites excluding steroid dienone is 2. The molecule has 0 radical (unpaired) electrons. The first-order valence-electron chi connectivity index (χ1n) is 21.7. The molecule has 1 unspecified atom stereocenters. The fourth-order valence-electron chi connectivity index (χ4n) is 9.97. The van der Waals surface area contributed by atoms with Crippen LogP contribution in [0.2, 0.25) is 5.02 Å². The number of amides is 2. The molecule has 6 aliphatic rings. The average molecular weight is 852 g/mol. The molecule has 2 aromatic rings. The molecular weight excluding hydrogens is 794 g/mol. The lowest BCUT2D eigenvalue weighted by molar-refractivity contribution is -0.155. The lowest BCUT2D eigenvalue weighted by atomic mass is 9.82. The van der Waals surface area contributed by atoms with Crippen LogP contribution in [0, 0.1) is 40.9 Å². The van der Waals surface area contributed by atoms with Crippen molar-refractivity contribution in [3.63, 3.8) is 0 Å². The highest BCUT2D eigenvalue weighted by atomic mass is 35.5. The Kier molecular flexibility index (Phi) is 11.6. The maximum absolute atomic E-state index is 15.1. The number of fused-ring (bicyclic) bond motifs is 4. The summed E-state index contributed by atoms with van der Waals surface area (Å²) in [6, 6.07) is 6.18. The minimum atomic E-state index is -3.96. The van der Waals surface area contributed by atoms with Crippen molar-refractivity contribution in [2.75, 3.05) is 13.2 Å². The SMILES string of the molecule is CCCOc1cc2c(Cl)cccc2c(O[C@@H]2C[C@H]3C(=O)C[C@]4(C(=O)NS(=O)(=O)C5(C)CC5)C[C@H]4/C=C\CC[C@@H](C)C[C@@H](C)[C@H](CC(=O)OC4C[C@@H]5C[C@@H]5C4)C(=O)N3C2)n1. The maximum Gasteiger partial charge on any atom is 0.306 e. The molecule has 5 fully saturated rings. The minimum absolute atomic E-state index is 0.0358. The van der Waals surface area contributed by atoms with E-state index in [0.717, 1.165) is 32.1 Å². The third-order valence-corrected chi connectivity index (χ3v) is 16.7. The topological polar surface area (TPSA) is 158 Å². The predicted molar refractivity (Wildman–Crippen MR) is 222 cm³/mol. The van der Waals surface area contributed by atoms with Gasteiger partial charge in [0.25, 0.3) is 0 Å². The van der Waals surface area contributed by atoms with Crippen LogP contribution >= 0.6 is 11.6 Å². The Labute approximate surface area is 352 Å². The normalized spacial score (nSPS) is 34.4. The summed E-state index contributed by atoms with van der Waals surface area (Å²) in [5.41, 5.74) is -1.27. The number of hydrogen-bond donors (Lipinski definition) is 1. The Morgan fingerprint density at radius 2 is 1.80 bits per heavy atom. The van der Waals surface area contributed by atoms with Gasteiger partial charge in [0.1, 0.15) is 12.2 Å². The van der Waals surface area contributed by atoms with Gasteiger partial charge in [-0.1, -0.05) is 50.6 Å². The van der Waals surface area contributed by atoms with Gasteiger partial charge in [-0.05, 0) is 113 Å². The number of benzene rings is 1. The number of aromatic nitrogens is 1. The smallest absolute Gasteiger partial charge is 0.306 e. The van der Waals surface area contributed by atoms with Crippen molar-refractivity contribution in [2.45, 2.75) is 134 Å². The molecular formula is C45H58ClN3O9S. The summed E-state index contributed by atoms with van der Waals surface area (Å²) in [6.07, 6.45) is 10.1. The monoisotopic (exact) mass is 851 g/mol. The molecule has 2 aliphatic heterocycles. The van der Waals surface area contributed by atoms with Gasteiger partial charge in [-0.2, -0.15) is 4.98 Å². The number of carbonyl (C=O) groups excluding carboxylic acids is 4.